The second-order valence-electron chi connectivity index (χ2n) is 8.00. The Hall–Kier alpha value is -3.15. The molecule has 8 nitrogen and oxygen atoms in total. The molecular formula is C25H25N5O3S3. The maximum atomic E-state index is 12.7. The van der Waals surface area contributed by atoms with Crippen LogP contribution in [0, 0.1) is 0 Å². The van der Waals surface area contributed by atoms with Crippen molar-refractivity contribution in [3.05, 3.63) is 65.1 Å². The van der Waals surface area contributed by atoms with Gasteiger partial charge in [-0.15, -0.1) is 0 Å². The molecular weight excluding hydrogens is 515 g/mol. The summed E-state index contributed by atoms with van der Waals surface area (Å²) >= 11 is 7.95. The lowest BCUT2D eigenvalue weighted by atomic mass is 10.2. The van der Waals surface area contributed by atoms with Gasteiger partial charge in [-0.05, 0) is 36.6 Å². The topological polar surface area (TPSA) is 107 Å². The number of thioether (sulfide) groups is 2. The molecule has 186 valence electrons. The van der Waals surface area contributed by atoms with E-state index in [1.165, 1.54) is 23.5 Å². The Kier molecular flexibility index (Phi) is 9.15. The van der Waals surface area contributed by atoms with Crippen LogP contribution in [0.15, 0.2) is 64.7 Å². The molecule has 2 heterocycles. The van der Waals surface area contributed by atoms with Gasteiger partial charge >= 0.3 is 0 Å². The number of aromatic amines is 1. The molecule has 4 rings (SSSR count). The van der Waals surface area contributed by atoms with E-state index in [2.05, 4.69) is 20.8 Å². The summed E-state index contributed by atoms with van der Waals surface area (Å²) in [5.41, 5.74) is 7.58. The first-order valence-electron chi connectivity index (χ1n) is 11.5. The average molecular weight is 540 g/mol. The Labute approximate surface area is 222 Å². The number of hydrogen-bond acceptors (Lipinski definition) is 7. The summed E-state index contributed by atoms with van der Waals surface area (Å²) < 4.78 is 0.558. The minimum atomic E-state index is -0.313. The SMILES string of the molecule is O=C(CCCCCN1C(=O)/C(=C/c2ccccc2)SC1=S)NNC(=O)CSc1nc2ccccc2[nH]1. The third-order valence-corrected chi connectivity index (χ3v) is 7.56. The summed E-state index contributed by atoms with van der Waals surface area (Å²) in [5.74, 6) is -0.516. The number of aromatic nitrogens is 2. The fourth-order valence-corrected chi connectivity index (χ4v) is 5.49. The smallest absolute Gasteiger partial charge is 0.266 e. The number of amides is 3. The second-order valence-corrected chi connectivity index (χ2v) is 10.6. The molecule has 0 spiro atoms. The van der Waals surface area contributed by atoms with Crippen LogP contribution in [0.5, 0.6) is 0 Å². The summed E-state index contributed by atoms with van der Waals surface area (Å²) in [7, 11) is 0. The molecule has 0 atom stereocenters. The molecule has 0 radical (unpaired) electrons. The number of benzene rings is 2. The highest BCUT2D eigenvalue weighted by atomic mass is 32.2. The number of H-pyrrole nitrogens is 1. The zero-order chi connectivity index (χ0) is 25.3. The third kappa shape index (κ3) is 7.19. The van der Waals surface area contributed by atoms with Gasteiger partial charge in [0.2, 0.25) is 11.8 Å². The monoisotopic (exact) mass is 539 g/mol. The highest BCUT2D eigenvalue weighted by molar-refractivity contribution is 8.26. The van der Waals surface area contributed by atoms with Crippen LogP contribution in [0.3, 0.4) is 0 Å². The van der Waals surface area contributed by atoms with Crippen LogP contribution in [-0.4, -0.2) is 49.2 Å². The van der Waals surface area contributed by atoms with Crippen LogP contribution in [0.1, 0.15) is 31.2 Å². The van der Waals surface area contributed by atoms with Gasteiger partial charge in [-0.2, -0.15) is 0 Å². The number of nitrogens with zero attached hydrogens (tertiary/aromatic N) is 2. The van der Waals surface area contributed by atoms with E-state index in [1.807, 2.05) is 60.7 Å². The molecule has 36 heavy (non-hydrogen) atoms. The maximum Gasteiger partial charge on any atom is 0.266 e. The van der Waals surface area contributed by atoms with Gasteiger partial charge in [-0.1, -0.05) is 84.6 Å². The van der Waals surface area contributed by atoms with Crippen molar-refractivity contribution in [1.29, 1.82) is 0 Å². The van der Waals surface area contributed by atoms with Gasteiger partial charge in [0.1, 0.15) is 4.32 Å². The highest BCUT2D eigenvalue weighted by Gasteiger charge is 2.31. The zero-order valence-corrected chi connectivity index (χ0v) is 21.8. The third-order valence-electron chi connectivity index (χ3n) is 5.31. The lowest BCUT2D eigenvalue weighted by Gasteiger charge is -2.14. The Morgan fingerprint density at radius 3 is 2.58 bits per heavy atom. The fourth-order valence-electron chi connectivity index (χ4n) is 3.50. The Morgan fingerprint density at radius 1 is 1.03 bits per heavy atom. The fraction of sp³-hybridized carbons (Fsp3) is 0.240. The van der Waals surface area contributed by atoms with Crippen LogP contribution in [0.2, 0.25) is 0 Å². The Balaban J connectivity index is 1.09. The number of rotatable bonds is 10. The van der Waals surface area contributed by atoms with Crippen molar-refractivity contribution in [1.82, 2.24) is 25.7 Å². The molecule has 2 aromatic carbocycles. The molecule has 0 unspecified atom stereocenters. The number of thiocarbonyl (C=S) groups is 1. The van der Waals surface area contributed by atoms with Crippen molar-refractivity contribution < 1.29 is 14.4 Å². The number of para-hydroxylation sites is 2. The van der Waals surface area contributed by atoms with Crippen molar-refractivity contribution >= 4 is 74.9 Å². The van der Waals surface area contributed by atoms with Gasteiger partial charge in [0, 0.05) is 13.0 Å². The standard InChI is InChI=1S/C25H25N5O3S3/c31-21(28-29-22(32)16-35-24-26-18-11-6-7-12-19(18)27-24)13-5-2-8-14-30-23(33)20(36-25(30)34)15-17-9-3-1-4-10-17/h1,3-4,6-7,9-12,15H,2,5,8,13-14,16H2,(H,26,27)(H,28,31)(H,29,32)/b20-15-. The van der Waals surface area contributed by atoms with Gasteiger partial charge in [0.25, 0.3) is 5.91 Å². The molecule has 1 aliphatic rings. The van der Waals surface area contributed by atoms with Crippen molar-refractivity contribution in [2.24, 2.45) is 0 Å². The number of carbonyl (C=O) groups is 3. The maximum absolute atomic E-state index is 12.7. The van der Waals surface area contributed by atoms with Crippen molar-refractivity contribution in [2.75, 3.05) is 12.3 Å². The van der Waals surface area contributed by atoms with Gasteiger partial charge in [-0.3, -0.25) is 30.1 Å². The molecule has 3 amide bonds. The number of carbonyl (C=O) groups excluding carboxylic acids is 3. The molecule has 3 N–H and O–H groups in total. The van der Waals surface area contributed by atoms with Crippen LogP contribution in [0.25, 0.3) is 17.1 Å². The first-order valence-corrected chi connectivity index (χ1v) is 13.7. The number of hydrogen-bond donors (Lipinski definition) is 3. The molecule has 1 aromatic heterocycles. The molecule has 3 aromatic rings. The van der Waals surface area contributed by atoms with Crippen LogP contribution in [-0.2, 0) is 14.4 Å². The quantitative estimate of drug-likeness (QED) is 0.116. The van der Waals surface area contributed by atoms with Crippen LogP contribution >= 0.6 is 35.7 Å². The Morgan fingerprint density at radius 2 is 1.78 bits per heavy atom. The minimum absolute atomic E-state index is 0.0742. The van der Waals surface area contributed by atoms with E-state index in [0.717, 1.165) is 29.4 Å². The van der Waals surface area contributed by atoms with E-state index in [1.54, 1.807) is 4.90 Å². The molecule has 0 aliphatic carbocycles. The van der Waals surface area contributed by atoms with Crippen molar-refractivity contribution in [2.45, 2.75) is 30.8 Å². The molecule has 0 saturated carbocycles. The van der Waals surface area contributed by atoms with E-state index < -0.39 is 0 Å². The largest absolute Gasteiger partial charge is 0.333 e. The predicted molar refractivity (Wildman–Crippen MR) is 148 cm³/mol. The first-order chi connectivity index (χ1) is 17.5. The number of nitrogens with one attached hydrogen (secondary N) is 3. The van der Waals surface area contributed by atoms with Crippen molar-refractivity contribution in [3.8, 4) is 0 Å². The first kappa shape index (κ1) is 25.9. The number of imidazole rings is 1. The molecule has 11 heteroatoms. The summed E-state index contributed by atoms with van der Waals surface area (Å²) in [5, 5.41) is 0.648. The average Bonchev–Trinajstić information content (AvgIpc) is 3.42. The second kappa shape index (κ2) is 12.7. The number of fused-ring (bicyclic) bond motifs is 1. The summed E-state index contributed by atoms with van der Waals surface area (Å²) in [6.45, 7) is 0.522. The van der Waals surface area contributed by atoms with E-state index in [-0.39, 0.29) is 29.9 Å². The van der Waals surface area contributed by atoms with Gasteiger partial charge in [0.05, 0.1) is 21.7 Å². The van der Waals surface area contributed by atoms with Gasteiger partial charge in [-0.25, -0.2) is 4.98 Å². The normalized spacial score (nSPS) is 14.6. The van der Waals surface area contributed by atoms with E-state index >= 15 is 0 Å². The van der Waals surface area contributed by atoms with Crippen LogP contribution in [0.4, 0.5) is 0 Å². The summed E-state index contributed by atoms with van der Waals surface area (Å²) in [4.78, 5) is 46.5. The lowest BCUT2D eigenvalue weighted by molar-refractivity contribution is -0.127. The minimum Gasteiger partial charge on any atom is -0.333 e. The number of unbranched alkanes of at least 4 members (excludes halogenated alkanes) is 2. The van der Waals surface area contributed by atoms with E-state index in [9.17, 15) is 14.4 Å². The highest BCUT2D eigenvalue weighted by Crippen LogP contribution is 2.32. The van der Waals surface area contributed by atoms with E-state index in [4.69, 9.17) is 12.2 Å². The summed E-state index contributed by atoms with van der Waals surface area (Å²) in [6, 6.07) is 17.3. The Bertz CT molecular complexity index is 1260. The van der Waals surface area contributed by atoms with Gasteiger partial charge < -0.3 is 4.98 Å². The lowest BCUT2D eigenvalue weighted by Crippen LogP contribution is -2.42. The number of hydrazine groups is 1. The molecule has 1 saturated heterocycles. The zero-order valence-electron chi connectivity index (χ0n) is 19.4. The van der Waals surface area contributed by atoms with Gasteiger partial charge in [0.15, 0.2) is 5.16 Å². The predicted octanol–water partition coefficient (Wildman–Crippen LogP) is 4.26. The molecule has 0 bridgehead atoms. The molecule has 1 fully saturated rings. The van der Waals surface area contributed by atoms with Crippen molar-refractivity contribution in [3.63, 3.8) is 0 Å². The summed E-state index contributed by atoms with van der Waals surface area (Å²) in [6.07, 6.45) is 4.28. The van der Waals surface area contributed by atoms with Crippen LogP contribution < -0.4 is 10.9 Å². The van der Waals surface area contributed by atoms with E-state index in [0.29, 0.717) is 27.3 Å². The molecule has 1 aliphatic heterocycles.